The number of carbonyl (C=O) groups excluding carboxylic acids is 1. The van der Waals surface area contributed by atoms with Gasteiger partial charge in [0.25, 0.3) is 0 Å². The van der Waals surface area contributed by atoms with Crippen molar-refractivity contribution < 1.29 is 4.79 Å². The topological polar surface area (TPSA) is 89.8 Å². The van der Waals surface area contributed by atoms with Crippen LogP contribution >= 0.6 is 0 Å². The first-order valence-electron chi connectivity index (χ1n) is 9.14. The van der Waals surface area contributed by atoms with E-state index in [1.165, 1.54) is 0 Å². The Labute approximate surface area is 164 Å². The van der Waals surface area contributed by atoms with Crippen molar-refractivity contribution in [1.82, 2.24) is 10.3 Å². The third-order valence-corrected chi connectivity index (χ3v) is 4.47. The van der Waals surface area contributed by atoms with Gasteiger partial charge in [-0.3, -0.25) is 0 Å². The van der Waals surface area contributed by atoms with Gasteiger partial charge in [0, 0.05) is 24.2 Å². The number of aromatic nitrogens is 1. The van der Waals surface area contributed by atoms with Crippen molar-refractivity contribution in [2.45, 2.75) is 20.8 Å². The molecule has 0 aliphatic rings. The van der Waals surface area contributed by atoms with Gasteiger partial charge in [0.05, 0.1) is 11.1 Å². The Morgan fingerprint density at radius 2 is 1.86 bits per heavy atom. The number of carbonyl (C=O) groups is 1. The molecule has 6 heteroatoms. The number of hydrogen-bond acceptors (Lipinski definition) is 4. The largest absolute Gasteiger partial charge is 0.367 e. The summed E-state index contributed by atoms with van der Waals surface area (Å²) in [6.45, 7) is 6.83. The molecule has 3 N–H and O–H groups in total. The van der Waals surface area contributed by atoms with E-state index in [9.17, 15) is 10.1 Å². The second-order valence-corrected chi connectivity index (χ2v) is 6.77. The molecule has 3 rings (SSSR count). The van der Waals surface area contributed by atoms with Gasteiger partial charge in [0.15, 0.2) is 0 Å². The van der Waals surface area contributed by atoms with Gasteiger partial charge in [-0.25, -0.2) is 9.78 Å². The number of nitrogens with zero attached hydrogens (tertiary/aromatic N) is 2. The van der Waals surface area contributed by atoms with E-state index in [1.54, 1.807) is 0 Å². The summed E-state index contributed by atoms with van der Waals surface area (Å²) in [5.41, 5.74) is 5.35. The number of nitriles is 1. The molecule has 2 amide bonds. The van der Waals surface area contributed by atoms with Crippen LogP contribution in [0, 0.1) is 32.1 Å². The third-order valence-electron chi connectivity index (χ3n) is 4.47. The zero-order chi connectivity index (χ0) is 20.1. The van der Waals surface area contributed by atoms with E-state index in [1.807, 2.05) is 57.2 Å². The fraction of sp³-hybridized carbons (Fsp3) is 0.227. The minimum atomic E-state index is -0.269. The lowest BCUT2D eigenvalue weighted by Gasteiger charge is -2.12. The number of benzene rings is 2. The van der Waals surface area contributed by atoms with Crippen molar-refractivity contribution in [1.29, 1.82) is 5.26 Å². The quantitative estimate of drug-likeness (QED) is 0.583. The number of pyridine rings is 1. The number of aryl methyl sites for hydroxylation is 3. The van der Waals surface area contributed by atoms with Crippen LogP contribution in [0.4, 0.5) is 16.3 Å². The summed E-state index contributed by atoms with van der Waals surface area (Å²) in [4.78, 5) is 16.7. The molecule has 28 heavy (non-hydrogen) atoms. The van der Waals surface area contributed by atoms with Crippen LogP contribution in [0.15, 0.2) is 42.5 Å². The summed E-state index contributed by atoms with van der Waals surface area (Å²) >= 11 is 0. The molecular formula is C22H23N5O. The summed E-state index contributed by atoms with van der Waals surface area (Å²) in [6.07, 6.45) is 0. The predicted molar refractivity (Wildman–Crippen MR) is 113 cm³/mol. The molecule has 0 unspecified atom stereocenters. The highest BCUT2D eigenvalue weighted by Gasteiger charge is 2.09. The number of nitrogens with one attached hydrogen (secondary N) is 3. The van der Waals surface area contributed by atoms with E-state index >= 15 is 0 Å². The molecular weight excluding hydrogens is 350 g/mol. The van der Waals surface area contributed by atoms with Gasteiger partial charge in [-0.05, 0) is 50.1 Å². The number of anilines is 2. The molecule has 0 atom stereocenters. The molecule has 1 aromatic heterocycles. The Balaban J connectivity index is 1.61. The number of hydrogen-bond donors (Lipinski definition) is 3. The first-order valence-corrected chi connectivity index (χ1v) is 9.14. The summed E-state index contributed by atoms with van der Waals surface area (Å²) in [5, 5.41) is 19.2. The minimum Gasteiger partial charge on any atom is -0.367 e. The minimum absolute atomic E-state index is 0.269. The van der Waals surface area contributed by atoms with Gasteiger partial charge < -0.3 is 16.0 Å². The van der Waals surface area contributed by atoms with Crippen molar-refractivity contribution >= 4 is 28.4 Å². The van der Waals surface area contributed by atoms with Crippen molar-refractivity contribution in [2.75, 3.05) is 23.7 Å². The molecule has 0 radical (unpaired) electrons. The van der Waals surface area contributed by atoms with Crippen LogP contribution in [0.5, 0.6) is 0 Å². The molecule has 0 saturated carbocycles. The SMILES string of the molecule is Cc1cc(C)c2nc(NCCNC(=O)Nc3ccccc3C)c(C#N)cc2c1. The van der Waals surface area contributed by atoms with Crippen LogP contribution in [0.25, 0.3) is 10.9 Å². The zero-order valence-corrected chi connectivity index (χ0v) is 16.3. The highest BCUT2D eigenvalue weighted by molar-refractivity contribution is 5.90. The summed E-state index contributed by atoms with van der Waals surface area (Å²) in [7, 11) is 0. The highest BCUT2D eigenvalue weighted by Crippen LogP contribution is 2.24. The van der Waals surface area contributed by atoms with Crippen LogP contribution in [-0.4, -0.2) is 24.1 Å². The van der Waals surface area contributed by atoms with Gasteiger partial charge in [0.2, 0.25) is 0 Å². The first-order chi connectivity index (χ1) is 13.5. The molecule has 1 heterocycles. The van der Waals surface area contributed by atoms with Crippen molar-refractivity contribution in [2.24, 2.45) is 0 Å². The molecule has 0 fully saturated rings. The molecule has 0 aliphatic carbocycles. The normalized spacial score (nSPS) is 10.4. The Hall–Kier alpha value is -3.59. The van der Waals surface area contributed by atoms with Gasteiger partial charge in [-0.1, -0.05) is 29.8 Å². The van der Waals surface area contributed by atoms with Crippen LogP contribution in [0.2, 0.25) is 0 Å². The number of urea groups is 1. The Morgan fingerprint density at radius 3 is 2.61 bits per heavy atom. The van der Waals surface area contributed by atoms with Crippen LogP contribution in [0.1, 0.15) is 22.3 Å². The predicted octanol–water partition coefficient (Wildman–Crippen LogP) is 4.27. The van der Waals surface area contributed by atoms with Crippen LogP contribution in [0.3, 0.4) is 0 Å². The van der Waals surface area contributed by atoms with E-state index < -0.39 is 0 Å². The smallest absolute Gasteiger partial charge is 0.319 e. The Bertz CT molecular complexity index is 1070. The molecule has 0 aliphatic heterocycles. The molecule has 2 aromatic carbocycles. The number of amides is 2. The molecule has 3 aromatic rings. The van der Waals surface area contributed by atoms with E-state index in [0.717, 1.165) is 33.3 Å². The van der Waals surface area contributed by atoms with Crippen LogP contribution < -0.4 is 16.0 Å². The molecule has 0 bridgehead atoms. The van der Waals surface area contributed by atoms with E-state index in [-0.39, 0.29) is 6.03 Å². The van der Waals surface area contributed by atoms with Crippen molar-refractivity contribution in [3.8, 4) is 6.07 Å². The molecule has 6 nitrogen and oxygen atoms in total. The zero-order valence-electron chi connectivity index (χ0n) is 16.3. The summed E-state index contributed by atoms with van der Waals surface area (Å²) in [5.74, 6) is 0.531. The fourth-order valence-corrected chi connectivity index (χ4v) is 3.11. The van der Waals surface area contributed by atoms with Crippen molar-refractivity contribution in [3.05, 3.63) is 64.7 Å². The first kappa shape index (κ1) is 19.2. The third kappa shape index (κ3) is 4.38. The lowest BCUT2D eigenvalue weighted by atomic mass is 10.1. The van der Waals surface area contributed by atoms with E-state index in [2.05, 4.69) is 33.1 Å². The van der Waals surface area contributed by atoms with E-state index in [0.29, 0.717) is 24.5 Å². The van der Waals surface area contributed by atoms with Gasteiger partial charge in [0.1, 0.15) is 11.9 Å². The van der Waals surface area contributed by atoms with E-state index in [4.69, 9.17) is 0 Å². The Morgan fingerprint density at radius 1 is 1.07 bits per heavy atom. The summed E-state index contributed by atoms with van der Waals surface area (Å²) in [6, 6.07) is 15.5. The maximum absolute atomic E-state index is 12.0. The number of fused-ring (bicyclic) bond motifs is 1. The van der Waals surface area contributed by atoms with Gasteiger partial charge in [-0.2, -0.15) is 5.26 Å². The standard InChI is InChI=1S/C22H23N5O/c1-14-10-16(3)20-17(11-14)12-18(13-23)21(27-20)24-8-9-25-22(28)26-19-7-5-4-6-15(19)2/h4-7,10-12H,8-9H2,1-3H3,(H,24,27)(H2,25,26,28). The maximum atomic E-state index is 12.0. The average molecular weight is 373 g/mol. The Kier molecular flexibility index (Phi) is 5.75. The van der Waals surface area contributed by atoms with Gasteiger partial charge >= 0.3 is 6.03 Å². The summed E-state index contributed by atoms with van der Waals surface area (Å²) < 4.78 is 0. The van der Waals surface area contributed by atoms with Crippen LogP contribution in [-0.2, 0) is 0 Å². The fourth-order valence-electron chi connectivity index (χ4n) is 3.11. The lowest BCUT2D eigenvalue weighted by molar-refractivity contribution is 0.252. The maximum Gasteiger partial charge on any atom is 0.319 e. The molecule has 0 saturated heterocycles. The number of para-hydroxylation sites is 1. The molecule has 142 valence electrons. The second kappa shape index (κ2) is 8.40. The molecule has 0 spiro atoms. The highest BCUT2D eigenvalue weighted by atomic mass is 16.2. The van der Waals surface area contributed by atoms with Gasteiger partial charge in [-0.15, -0.1) is 0 Å². The second-order valence-electron chi connectivity index (χ2n) is 6.77. The average Bonchev–Trinajstić information content (AvgIpc) is 2.66. The monoisotopic (exact) mass is 373 g/mol. The van der Waals surface area contributed by atoms with Crippen molar-refractivity contribution in [3.63, 3.8) is 0 Å². The number of rotatable bonds is 5. The lowest BCUT2D eigenvalue weighted by Crippen LogP contribution is -2.33.